The number of carbonyl (C=O) groups excluding carboxylic acids is 1. The number of hydrogen-bond donors (Lipinski definition) is 2. The monoisotopic (exact) mass is 297 g/mol. The molecule has 6 heteroatoms. The number of hydrogen-bond acceptors (Lipinski definition) is 3. The van der Waals surface area contributed by atoms with Gasteiger partial charge in [-0.3, -0.25) is 4.79 Å². The third kappa shape index (κ3) is 4.09. The molecule has 2 bridgehead atoms. The summed E-state index contributed by atoms with van der Waals surface area (Å²) in [6, 6.07) is 1.27. The highest BCUT2D eigenvalue weighted by molar-refractivity contribution is 5.75. The third-order valence-corrected chi connectivity index (χ3v) is 4.93. The number of fused-ring (bicyclic) bond motifs is 2. The Morgan fingerprint density at radius 3 is 2.43 bits per heavy atom. The zero-order valence-corrected chi connectivity index (χ0v) is 13.0. The molecule has 21 heavy (non-hydrogen) atoms. The van der Waals surface area contributed by atoms with Crippen molar-refractivity contribution in [2.45, 2.75) is 63.6 Å². The molecule has 2 aliphatic heterocycles. The van der Waals surface area contributed by atoms with Crippen LogP contribution in [0.3, 0.4) is 0 Å². The van der Waals surface area contributed by atoms with Crippen molar-refractivity contribution in [2.24, 2.45) is 0 Å². The van der Waals surface area contributed by atoms with Crippen LogP contribution in [0.15, 0.2) is 0 Å². The third-order valence-electron chi connectivity index (χ3n) is 4.93. The second-order valence-electron chi connectivity index (χ2n) is 6.25. The first kappa shape index (κ1) is 16.1. The van der Waals surface area contributed by atoms with Gasteiger partial charge < -0.3 is 20.2 Å². The molecule has 2 saturated heterocycles. The number of nitrogens with one attached hydrogen (secondary N) is 1. The summed E-state index contributed by atoms with van der Waals surface area (Å²) in [6.07, 6.45) is 5.75. The van der Waals surface area contributed by atoms with E-state index in [0.29, 0.717) is 18.6 Å². The van der Waals surface area contributed by atoms with Crippen molar-refractivity contribution < 1.29 is 14.7 Å². The van der Waals surface area contributed by atoms with E-state index in [-0.39, 0.29) is 25.0 Å². The van der Waals surface area contributed by atoms with Crippen LogP contribution in [0.4, 0.5) is 4.79 Å². The number of urea groups is 1. The van der Waals surface area contributed by atoms with E-state index in [2.05, 4.69) is 17.3 Å². The predicted molar refractivity (Wildman–Crippen MR) is 80.2 cm³/mol. The van der Waals surface area contributed by atoms with Gasteiger partial charge in [-0.15, -0.1) is 0 Å². The highest BCUT2D eigenvalue weighted by Gasteiger charge is 2.36. The Morgan fingerprint density at radius 1 is 1.29 bits per heavy atom. The molecule has 2 heterocycles. The first-order chi connectivity index (χ1) is 10.0. The Hall–Kier alpha value is -1.30. The highest BCUT2D eigenvalue weighted by atomic mass is 16.4. The molecule has 2 atom stereocenters. The van der Waals surface area contributed by atoms with Gasteiger partial charge in [-0.1, -0.05) is 6.42 Å². The van der Waals surface area contributed by atoms with Crippen LogP contribution in [-0.2, 0) is 4.79 Å². The lowest BCUT2D eigenvalue weighted by Gasteiger charge is -2.47. The fourth-order valence-electron chi connectivity index (χ4n) is 3.63. The lowest BCUT2D eigenvalue weighted by atomic mass is 9.82. The van der Waals surface area contributed by atoms with Gasteiger partial charge in [0, 0.05) is 31.2 Å². The molecule has 0 aromatic carbocycles. The van der Waals surface area contributed by atoms with Gasteiger partial charge in [-0.2, -0.15) is 0 Å². The molecule has 0 aromatic heterocycles. The Labute approximate surface area is 126 Å². The minimum absolute atomic E-state index is 0.0000849. The van der Waals surface area contributed by atoms with Crippen LogP contribution in [0.1, 0.15) is 45.4 Å². The first-order valence-electron chi connectivity index (χ1n) is 8.00. The molecular weight excluding hydrogens is 270 g/mol. The molecule has 2 fully saturated rings. The number of carboxylic acids is 1. The maximum atomic E-state index is 12.3. The Morgan fingerprint density at radius 2 is 1.90 bits per heavy atom. The average molecular weight is 297 g/mol. The smallest absolute Gasteiger partial charge is 0.317 e. The van der Waals surface area contributed by atoms with Gasteiger partial charge in [0.05, 0.1) is 6.42 Å². The van der Waals surface area contributed by atoms with Crippen molar-refractivity contribution in [1.82, 2.24) is 15.1 Å². The molecule has 0 aliphatic carbocycles. The summed E-state index contributed by atoms with van der Waals surface area (Å²) in [5.41, 5.74) is 0. The van der Waals surface area contributed by atoms with Gasteiger partial charge in [0.1, 0.15) is 0 Å². The summed E-state index contributed by atoms with van der Waals surface area (Å²) >= 11 is 0. The van der Waals surface area contributed by atoms with Crippen molar-refractivity contribution in [2.75, 3.05) is 20.1 Å². The predicted octanol–water partition coefficient (Wildman–Crippen LogP) is 1.51. The van der Waals surface area contributed by atoms with Crippen molar-refractivity contribution >= 4 is 12.0 Å². The molecule has 0 radical (unpaired) electrons. The van der Waals surface area contributed by atoms with Crippen LogP contribution in [0.5, 0.6) is 0 Å². The Kier molecular flexibility index (Phi) is 5.45. The van der Waals surface area contributed by atoms with Gasteiger partial charge in [-0.05, 0) is 39.7 Å². The van der Waals surface area contributed by atoms with Crippen LogP contribution in [0, 0.1) is 0 Å². The summed E-state index contributed by atoms with van der Waals surface area (Å²) in [7, 11) is 2.19. The van der Waals surface area contributed by atoms with E-state index in [9.17, 15) is 9.59 Å². The average Bonchev–Trinajstić information content (AvgIpc) is 2.40. The number of rotatable bonds is 5. The van der Waals surface area contributed by atoms with E-state index in [0.717, 1.165) is 12.8 Å². The molecule has 0 saturated carbocycles. The Balaban J connectivity index is 1.85. The number of carboxylic acid groups (broad SMARTS) is 1. The van der Waals surface area contributed by atoms with Gasteiger partial charge in [0.2, 0.25) is 0 Å². The standard InChI is InChI=1S/C15H27N3O3/c1-3-18(8-7-14(19)20)15(21)16-11-9-12-5-4-6-13(10-11)17(12)2/h11-13H,3-10H2,1-2H3,(H,16,21)(H,19,20). The minimum Gasteiger partial charge on any atom is -0.481 e. The van der Waals surface area contributed by atoms with Crippen LogP contribution in [0.2, 0.25) is 0 Å². The lowest BCUT2D eigenvalue weighted by Crippen LogP contribution is -2.56. The maximum absolute atomic E-state index is 12.3. The molecule has 0 spiro atoms. The molecule has 2 rings (SSSR count). The number of amides is 2. The van der Waals surface area contributed by atoms with E-state index in [1.807, 2.05) is 6.92 Å². The van der Waals surface area contributed by atoms with E-state index in [1.54, 1.807) is 4.90 Å². The molecule has 2 unspecified atom stereocenters. The van der Waals surface area contributed by atoms with Gasteiger partial charge in [0.15, 0.2) is 0 Å². The van der Waals surface area contributed by atoms with E-state index in [4.69, 9.17) is 5.11 Å². The molecule has 0 aromatic rings. The molecular formula is C15H27N3O3. The van der Waals surface area contributed by atoms with Gasteiger partial charge >= 0.3 is 12.0 Å². The number of piperidine rings is 2. The molecule has 2 aliphatic rings. The number of carbonyl (C=O) groups is 2. The van der Waals surface area contributed by atoms with E-state index >= 15 is 0 Å². The summed E-state index contributed by atoms with van der Waals surface area (Å²) in [4.78, 5) is 27.0. The van der Waals surface area contributed by atoms with Crippen LogP contribution in [-0.4, -0.2) is 65.2 Å². The molecule has 6 nitrogen and oxygen atoms in total. The molecule has 2 amide bonds. The second-order valence-corrected chi connectivity index (χ2v) is 6.25. The SMILES string of the molecule is CCN(CCC(=O)O)C(=O)NC1CC2CCCC(C1)N2C. The van der Waals surface area contributed by atoms with Crippen LogP contribution >= 0.6 is 0 Å². The summed E-state index contributed by atoms with van der Waals surface area (Å²) in [5, 5.41) is 11.8. The zero-order valence-electron chi connectivity index (χ0n) is 13.0. The Bertz CT molecular complexity index is 374. The van der Waals surface area contributed by atoms with Crippen molar-refractivity contribution in [3.63, 3.8) is 0 Å². The van der Waals surface area contributed by atoms with Crippen molar-refractivity contribution in [3.05, 3.63) is 0 Å². The van der Waals surface area contributed by atoms with E-state index < -0.39 is 5.97 Å². The van der Waals surface area contributed by atoms with Gasteiger partial charge in [0.25, 0.3) is 0 Å². The lowest BCUT2D eigenvalue weighted by molar-refractivity contribution is -0.137. The zero-order chi connectivity index (χ0) is 15.4. The minimum atomic E-state index is -0.866. The first-order valence-corrected chi connectivity index (χ1v) is 8.00. The van der Waals surface area contributed by atoms with Crippen LogP contribution in [0.25, 0.3) is 0 Å². The quantitative estimate of drug-likeness (QED) is 0.807. The summed E-state index contributed by atoms with van der Waals surface area (Å²) < 4.78 is 0. The largest absolute Gasteiger partial charge is 0.481 e. The summed E-state index contributed by atoms with van der Waals surface area (Å²) in [6.45, 7) is 2.69. The fourth-order valence-corrected chi connectivity index (χ4v) is 3.63. The summed E-state index contributed by atoms with van der Waals surface area (Å²) in [5.74, 6) is -0.866. The molecule has 120 valence electrons. The van der Waals surface area contributed by atoms with Crippen molar-refractivity contribution in [1.29, 1.82) is 0 Å². The van der Waals surface area contributed by atoms with Crippen molar-refractivity contribution in [3.8, 4) is 0 Å². The van der Waals surface area contributed by atoms with Gasteiger partial charge in [-0.25, -0.2) is 4.79 Å². The molecule has 2 N–H and O–H groups in total. The van der Waals surface area contributed by atoms with E-state index in [1.165, 1.54) is 19.3 Å². The van der Waals surface area contributed by atoms with Crippen LogP contribution < -0.4 is 5.32 Å². The fraction of sp³-hybridized carbons (Fsp3) is 0.867. The normalized spacial score (nSPS) is 29.0. The number of nitrogens with zero attached hydrogens (tertiary/aromatic N) is 2. The highest BCUT2D eigenvalue weighted by Crippen LogP contribution is 2.32. The number of aliphatic carboxylic acids is 1. The maximum Gasteiger partial charge on any atom is 0.317 e. The second kappa shape index (κ2) is 7.11. The topological polar surface area (TPSA) is 72.9 Å².